The molecular formula is C28H36N2O5. The molecule has 3 rings (SSSR count). The molecule has 2 aromatic carbocycles. The van der Waals surface area contributed by atoms with Crippen LogP contribution < -0.4 is 10.2 Å². The van der Waals surface area contributed by atoms with Crippen LogP contribution in [0, 0.1) is 0 Å². The molecule has 1 aliphatic heterocycles. The van der Waals surface area contributed by atoms with Gasteiger partial charge in [-0.3, -0.25) is 24.6 Å². The van der Waals surface area contributed by atoms with E-state index in [1.54, 1.807) is 27.7 Å². The van der Waals surface area contributed by atoms with Crippen molar-refractivity contribution in [2.75, 3.05) is 18.1 Å². The summed E-state index contributed by atoms with van der Waals surface area (Å²) in [7, 11) is 0. The summed E-state index contributed by atoms with van der Waals surface area (Å²) in [5, 5.41) is 3.27. The zero-order valence-corrected chi connectivity index (χ0v) is 21.1. The predicted molar refractivity (Wildman–Crippen MR) is 135 cm³/mol. The predicted octanol–water partition coefficient (Wildman–Crippen LogP) is 3.83. The average Bonchev–Trinajstić information content (AvgIpc) is 2.93. The monoisotopic (exact) mass is 480 g/mol. The molecule has 7 nitrogen and oxygen atoms in total. The van der Waals surface area contributed by atoms with E-state index in [1.807, 2.05) is 54.6 Å². The molecule has 2 aromatic rings. The number of hydrogen-bond donors (Lipinski definition) is 1. The molecule has 188 valence electrons. The molecule has 2 atom stereocenters. The second-order valence-corrected chi connectivity index (χ2v) is 9.73. The molecule has 35 heavy (non-hydrogen) atoms. The maximum Gasteiger partial charge on any atom is 0.326 e. The van der Waals surface area contributed by atoms with Gasteiger partial charge in [-0.05, 0) is 70.6 Å². The zero-order valence-electron chi connectivity index (χ0n) is 21.1. The lowest BCUT2D eigenvalue weighted by molar-refractivity contribution is -0.154. The number of benzene rings is 2. The minimum atomic E-state index is -0.657. The number of carbonyl (C=O) groups excluding carboxylic acids is 3. The molecule has 0 saturated carbocycles. The van der Waals surface area contributed by atoms with Crippen LogP contribution >= 0.6 is 0 Å². The number of fused-ring (bicyclic) bond motifs is 1. The molecule has 1 amide bonds. The summed E-state index contributed by atoms with van der Waals surface area (Å²) in [6.45, 7) is 7.22. The highest BCUT2D eigenvalue weighted by atomic mass is 16.6. The van der Waals surface area contributed by atoms with Crippen molar-refractivity contribution in [1.29, 1.82) is 0 Å². The Balaban J connectivity index is 1.81. The van der Waals surface area contributed by atoms with E-state index < -0.39 is 23.7 Å². The highest BCUT2D eigenvalue weighted by molar-refractivity contribution is 6.02. The quantitative estimate of drug-likeness (QED) is 0.549. The SMILES string of the molecule is CCOC(=O)[C@H](CCc1ccccc1)N[C@H]1CCc2ccccc2N(CC(=O)OC(C)(C)C)C1=O. The molecule has 0 radical (unpaired) electrons. The van der Waals surface area contributed by atoms with Crippen LogP contribution in [-0.4, -0.2) is 48.7 Å². The molecule has 7 heteroatoms. The van der Waals surface area contributed by atoms with Gasteiger partial charge in [-0.25, -0.2) is 0 Å². The topological polar surface area (TPSA) is 84.9 Å². The van der Waals surface area contributed by atoms with E-state index in [1.165, 1.54) is 4.90 Å². The van der Waals surface area contributed by atoms with Crippen molar-refractivity contribution in [3.63, 3.8) is 0 Å². The van der Waals surface area contributed by atoms with Gasteiger partial charge in [0.25, 0.3) is 0 Å². The summed E-state index contributed by atoms with van der Waals surface area (Å²) in [5.41, 5.74) is 2.13. The molecule has 1 N–H and O–H groups in total. The second-order valence-electron chi connectivity index (χ2n) is 9.73. The van der Waals surface area contributed by atoms with Crippen LogP contribution in [-0.2, 0) is 36.7 Å². The van der Waals surface area contributed by atoms with Crippen molar-refractivity contribution in [2.45, 2.75) is 71.1 Å². The van der Waals surface area contributed by atoms with Crippen molar-refractivity contribution in [1.82, 2.24) is 5.32 Å². The highest BCUT2D eigenvalue weighted by Gasteiger charge is 2.35. The van der Waals surface area contributed by atoms with Gasteiger partial charge < -0.3 is 9.47 Å². The number of hydrogen-bond acceptors (Lipinski definition) is 6. The highest BCUT2D eigenvalue weighted by Crippen LogP contribution is 2.27. The van der Waals surface area contributed by atoms with Crippen LogP contribution in [0.15, 0.2) is 54.6 Å². The Labute approximate surface area is 207 Å². The standard InChI is InChI=1S/C28H36N2O5/c1-5-34-27(33)23(17-15-20-11-7-6-8-12-20)29-22-18-16-21-13-9-10-14-24(21)30(26(22)32)19-25(31)35-28(2,3)4/h6-14,22-23,29H,5,15-19H2,1-4H3/t22-,23-/m0/s1. The van der Waals surface area contributed by atoms with Gasteiger partial charge in [0.1, 0.15) is 18.2 Å². The summed E-state index contributed by atoms with van der Waals surface area (Å²) in [6, 6.07) is 16.2. The molecule has 1 aliphatic rings. The van der Waals surface area contributed by atoms with Crippen molar-refractivity contribution in [3.8, 4) is 0 Å². The normalized spacial score (nSPS) is 16.7. The maximum absolute atomic E-state index is 13.7. The Morgan fingerprint density at radius 1 is 1.09 bits per heavy atom. The molecule has 0 spiro atoms. The molecule has 0 bridgehead atoms. The van der Waals surface area contributed by atoms with Gasteiger partial charge in [-0.1, -0.05) is 48.5 Å². The van der Waals surface area contributed by atoms with Crippen LogP contribution in [0.25, 0.3) is 0 Å². The number of anilines is 1. The van der Waals surface area contributed by atoms with E-state index in [2.05, 4.69) is 5.32 Å². The second kappa shape index (κ2) is 12.0. The number of rotatable bonds is 9. The van der Waals surface area contributed by atoms with E-state index in [-0.39, 0.29) is 25.0 Å². The van der Waals surface area contributed by atoms with Crippen molar-refractivity contribution >= 4 is 23.5 Å². The first-order chi connectivity index (χ1) is 16.7. The Bertz CT molecular complexity index is 1020. The Kier molecular flexibility index (Phi) is 9.04. The Hall–Kier alpha value is -3.19. The van der Waals surface area contributed by atoms with Crippen LogP contribution in [0.5, 0.6) is 0 Å². The summed E-state index contributed by atoms with van der Waals surface area (Å²) in [4.78, 5) is 40.6. The summed E-state index contributed by atoms with van der Waals surface area (Å²) >= 11 is 0. The number of ether oxygens (including phenoxy) is 2. The number of esters is 2. The number of nitrogens with one attached hydrogen (secondary N) is 1. The molecule has 1 heterocycles. The molecule has 0 unspecified atom stereocenters. The van der Waals surface area contributed by atoms with E-state index in [0.717, 1.165) is 11.1 Å². The van der Waals surface area contributed by atoms with Gasteiger partial charge in [-0.15, -0.1) is 0 Å². The van der Waals surface area contributed by atoms with Gasteiger partial charge in [-0.2, -0.15) is 0 Å². The van der Waals surface area contributed by atoms with Crippen molar-refractivity contribution < 1.29 is 23.9 Å². The van der Waals surface area contributed by atoms with Crippen LogP contribution in [0.2, 0.25) is 0 Å². The van der Waals surface area contributed by atoms with Gasteiger partial charge in [0.05, 0.1) is 12.6 Å². The van der Waals surface area contributed by atoms with Gasteiger partial charge in [0.15, 0.2) is 0 Å². The van der Waals surface area contributed by atoms with Crippen LogP contribution in [0.1, 0.15) is 51.7 Å². The Morgan fingerprint density at radius 3 is 2.46 bits per heavy atom. The van der Waals surface area contributed by atoms with Crippen LogP contribution in [0.3, 0.4) is 0 Å². The van der Waals surface area contributed by atoms with E-state index >= 15 is 0 Å². The fourth-order valence-electron chi connectivity index (χ4n) is 4.25. The average molecular weight is 481 g/mol. The molecule has 0 aromatic heterocycles. The first kappa shape index (κ1) is 26.4. The fourth-order valence-corrected chi connectivity index (χ4v) is 4.25. The summed E-state index contributed by atoms with van der Waals surface area (Å²) in [6.07, 6.45) is 2.30. The minimum absolute atomic E-state index is 0.195. The largest absolute Gasteiger partial charge is 0.465 e. The number of aryl methyl sites for hydroxylation is 2. The first-order valence-corrected chi connectivity index (χ1v) is 12.3. The lowest BCUT2D eigenvalue weighted by atomic mass is 10.0. The minimum Gasteiger partial charge on any atom is -0.465 e. The van der Waals surface area contributed by atoms with Gasteiger partial charge in [0.2, 0.25) is 5.91 Å². The van der Waals surface area contributed by atoms with E-state index in [4.69, 9.17) is 9.47 Å². The molecule has 0 aliphatic carbocycles. The lowest BCUT2D eigenvalue weighted by Gasteiger charge is -2.29. The van der Waals surface area contributed by atoms with Crippen LogP contribution in [0.4, 0.5) is 5.69 Å². The number of carbonyl (C=O) groups is 3. The molecule has 0 fully saturated rings. The number of para-hydroxylation sites is 1. The third-order valence-electron chi connectivity index (χ3n) is 5.79. The number of amides is 1. The van der Waals surface area contributed by atoms with Gasteiger partial charge >= 0.3 is 11.9 Å². The van der Waals surface area contributed by atoms with Crippen molar-refractivity contribution in [3.05, 3.63) is 65.7 Å². The third kappa shape index (κ3) is 7.65. The van der Waals surface area contributed by atoms with Crippen molar-refractivity contribution in [2.24, 2.45) is 0 Å². The first-order valence-electron chi connectivity index (χ1n) is 12.3. The summed E-state index contributed by atoms with van der Waals surface area (Å²) in [5.74, 6) is -1.11. The fraction of sp³-hybridized carbons (Fsp3) is 0.464. The number of nitrogens with zero attached hydrogens (tertiary/aromatic N) is 1. The Morgan fingerprint density at radius 2 is 1.77 bits per heavy atom. The zero-order chi connectivity index (χ0) is 25.4. The lowest BCUT2D eigenvalue weighted by Crippen LogP contribution is -2.53. The molecular weight excluding hydrogens is 444 g/mol. The maximum atomic E-state index is 13.7. The molecule has 0 saturated heterocycles. The van der Waals surface area contributed by atoms with Gasteiger partial charge in [0, 0.05) is 5.69 Å². The van der Waals surface area contributed by atoms with E-state index in [9.17, 15) is 14.4 Å². The smallest absolute Gasteiger partial charge is 0.326 e. The third-order valence-corrected chi connectivity index (χ3v) is 5.79. The van der Waals surface area contributed by atoms with E-state index in [0.29, 0.717) is 31.4 Å². The summed E-state index contributed by atoms with van der Waals surface area (Å²) < 4.78 is 10.8.